The number of anilines is 1. The maximum atomic E-state index is 12.0. The summed E-state index contributed by atoms with van der Waals surface area (Å²) >= 11 is 0. The van der Waals surface area contributed by atoms with E-state index in [-0.39, 0.29) is 11.7 Å². The van der Waals surface area contributed by atoms with E-state index < -0.39 is 0 Å². The van der Waals surface area contributed by atoms with Gasteiger partial charge in [0, 0.05) is 12.0 Å². The van der Waals surface area contributed by atoms with Crippen LogP contribution in [-0.4, -0.2) is 11.7 Å². The van der Waals surface area contributed by atoms with Gasteiger partial charge in [0.25, 0.3) is 0 Å². The Bertz CT molecular complexity index is 695. The first-order valence-electron chi connectivity index (χ1n) is 8.21. The minimum absolute atomic E-state index is 0.0475. The van der Waals surface area contributed by atoms with Crippen LogP contribution >= 0.6 is 0 Å². The smallest absolute Gasteiger partial charge is 0.224 e. The quantitative estimate of drug-likeness (QED) is 0.722. The summed E-state index contributed by atoms with van der Waals surface area (Å²) in [6.07, 6.45) is 2.25. The maximum Gasteiger partial charge on any atom is 0.224 e. The van der Waals surface area contributed by atoms with Crippen molar-refractivity contribution < 1.29 is 14.3 Å². The fraction of sp³-hybridized carbons (Fsp3) is 0.300. The Morgan fingerprint density at radius 3 is 2.50 bits per heavy atom. The van der Waals surface area contributed by atoms with Gasteiger partial charge in [-0.15, -0.1) is 0 Å². The minimum Gasteiger partial charge on any atom is -0.487 e. The van der Waals surface area contributed by atoms with E-state index in [2.05, 4.69) is 5.32 Å². The summed E-state index contributed by atoms with van der Waals surface area (Å²) < 4.78 is 5.84. The van der Waals surface area contributed by atoms with Crippen molar-refractivity contribution in [3.63, 3.8) is 0 Å². The maximum absolute atomic E-state index is 12.0. The van der Waals surface area contributed by atoms with Crippen molar-refractivity contribution in [2.45, 2.75) is 39.7 Å². The van der Waals surface area contributed by atoms with Crippen LogP contribution in [0.1, 0.15) is 49.0 Å². The predicted molar refractivity (Wildman–Crippen MR) is 95.4 cm³/mol. The van der Waals surface area contributed by atoms with E-state index in [4.69, 9.17) is 4.74 Å². The number of carbonyl (C=O) groups is 2. The standard InChI is InChI=1S/C20H23NO3/c1-3-4-10-20(23)21-18-13-17(15(2)22)11-12-19(18)24-14-16-8-6-5-7-9-16/h5-9,11-13H,3-4,10,14H2,1-2H3,(H,21,23). The molecule has 0 aliphatic heterocycles. The van der Waals surface area contributed by atoms with Crippen molar-refractivity contribution >= 4 is 17.4 Å². The zero-order valence-corrected chi connectivity index (χ0v) is 14.2. The molecule has 2 aromatic carbocycles. The molecule has 126 valence electrons. The van der Waals surface area contributed by atoms with E-state index in [0.717, 1.165) is 18.4 Å². The summed E-state index contributed by atoms with van der Waals surface area (Å²) in [5.41, 5.74) is 2.13. The number of hydrogen-bond acceptors (Lipinski definition) is 3. The molecule has 24 heavy (non-hydrogen) atoms. The molecule has 0 heterocycles. The third-order valence-electron chi connectivity index (χ3n) is 3.65. The zero-order valence-electron chi connectivity index (χ0n) is 14.2. The number of Topliss-reactive ketones (excluding diaryl/α,β-unsaturated/α-hetero) is 1. The topological polar surface area (TPSA) is 55.4 Å². The van der Waals surface area contributed by atoms with Gasteiger partial charge in [0.05, 0.1) is 5.69 Å². The summed E-state index contributed by atoms with van der Waals surface area (Å²) in [6.45, 7) is 3.94. The van der Waals surface area contributed by atoms with Crippen molar-refractivity contribution in [2.24, 2.45) is 0 Å². The van der Waals surface area contributed by atoms with Crippen LogP contribution < -0.4 is 10.1 Å². The average Bonchev–Trinajstić information content (AvgIpc) is 2.59. The lowest BCUT2D eigenvalue weighted by Gasteiger charge is -2.14. The lowest BCUT2D eigenvalue weighted by Crippen LogP contribution is -2.13. The molecular weight excluding hydrogens is 302 g/mol. The van der Waals surface area contributed by atoms with E-state index in [1.807, 2.05) is 37.3 Å². The molecule has 0 radical (unpaired) electrons. The highest BCUT2D eigenvalue weighted by Gasteiger charge is 2.11. The lowest BCUT2D eigenvalue weighted by atomic mass is 10.1. The predicted octanol–water partition coefficient (Wildman–Crippen LogP) is 4.60. The van der Waals surface area contributed by atoms with Gasteiger partial charge >= 0.3 is 0 Å². The van der Waals surface area contributed by atoms with Crippen molar-refractivity contribution in [1.29, 1.82) is 0 Å². The van der Waals surface area contributed by atoms with Gasteiger partial charge in [-0.2, -0.15) is 0 Å². The van der Waals surface area contributed by atoms with Gasteiger partial charge in [-0.1, -0.05) is 43.7 Å². The molecule has 0 unspecified atom stereocenters. The van der Waals surface area contributed by atoms with Crippen molar-refractivity contribution in [3.8, 4) is 5.75 Å². The molecule has 0 bridgehead atoms. The normalized spacial score (nSPS) is 10.2. The third kappa shape index (κ3) is 5.23. The van der Waals surface area contributed by atoms with Crippen molar-refractivity contribution in [2.75, 3.05) is 5.32 Å². The Morgan fingerprint density at radius 2 is 1.83 bits per heavy atom. The number of amides is 1. The Hall–Kier alpha value is -2.62. The third-order valence-corrected chi connectivity index (χ3v) is 3.65. The molecule has 1 amide bonds. The first-order chi connectivity index (χ1) is 11.6. The second-order valence-electron chi connectivity index (χ2n) is 5.69. The zero-order chi connectivity index (χ0) is 17.4. The van der Waals surface area contributed by atoms with Crippen LogP contribution in [-0.2, 0) is 11.4 Å². The number of carbonyl (C=O) groups excluding carboxylic acids is 2. The molecule has 2 rings (SSSR count). The van der Waals surface area contributed by atoms with E-state index in [9.17, 15) is 9.59 Å². The lowest BCUT2D eigenvalue weighted by molar-refractivity contribution is -0.116. The second-order valence-corrected chi connectivity index (χ2v) is 5.69. The molecule has 0 spiro atoms. The van der Waals surface area contributed by atoms with Gasteiger partial charge in [-0.3, -0.25) is 9.59 Å². The van der Waals surface area contributed by atoms with Crippen LogP contribution in [0.2, 0.25) is 0 Å². The number of unbranched alkanes of at least 4 members (excludes halogenated alkanes) is 1. The fourth-order valence-corrected chi connectivity index (χ4v) is 2.26. The van der Waals surface area contributed by atoms with E-state index >= 15 is 0 Å². The Kier molecular flexibility index (Phi) is 6.55. The van der Waals surface area contributed by atoms with Crippen LogP contribution in [0.25, 0.3) is 0 Å². The summed E-state index contributed by atoms with van der Waals surface area (Å²) in [7, 11) is 0. The van der Waals surface area contributed by atoms with Gasteiger partial charge in [-0.05, 0) is 37.1 Å². The average molecular weight is 325 g/mol. The van der Waals surface area contributed by atoms with E-state index in [1.54, 1.807) is 18.2 Å². The van der Waals surface area contributed by atoms with Crippen LogP contribution in [0.3, 0.4) is 0 Å². The summed E-state index contributed by atoms with van der Waals surface area (Å²) in [4.78, 5) is 23.6. The number of nitrogens with one attached hydrogen (secondary N) is 1. The molecule has 0 saturated heterocycles. The highest BCUT2D eigenvalue weighted by atomic mass is 16.5. The molecule has 1 N–H and O–H groups in total. The van der Waals surface area contributed by atoms with Crippen LogP contribution in [0.15, 0.2) is 48.5 Å². The first-order valence-corrected chi connectivity index (χ1v) is 8.21. The van der Waals surface area contributed by atoms with Gasteiger partial charge < -0.3 is 10.1 Å². The van der Waals surface area contributed by atoms with Gasteiger partial charge in [-0.25, -0.2) is 0 Å². The molecule has 0 aromatic heterocycles. The molecule has 4 heteroatoms. The Labute approximate surface area is 142 Å². The number of hydrogen-bond donors (Lipinski definition) is 1. The molecule has 4 nitrogen and oxygen atoms in total. The van der Waals surface area contributed by atoms with Crippen molar-refractivity contribution in [3.05, 3.63) is 59.7 Å². The van der Waals surface area contributed by atoms with Crippen LogP contribution in [0.4, 0.5) is 5.69 Å². The van der Waals surface area contributed by atoms with E-state index in [1.165, 1.54) is 6.92 Å². The summed E-state index contributed by atoms with van der Waals surface area (Å²) in [5, 5.41) is 2.86. The molecule has 0 saturated carbocycles. The molecular formula is C20H23NO3. The largest absolute Gasteiger partial charge is 0.487 e. The Morgan fingerprint density at radius 1 is 1.08 bits per heavy atom. The minimum atomic E-state index is -0.0675. The number of ether oxygens (including phenoxy) is 1. The van der Waals surface area contributed by atoms with E-state index in [0.29, 0.717) is 30.0 Å². The molecule has 0 fully saturated rings. The number of rotatable bonds is 8. The molecule has 0 aliphatic carbocycles. The van der Waals surface area contributed by atoms with Crippen molar-refractivity contribution in [1.82, 2.24) is 0 Å². The van der Waals surface area contributed by atoms with Crippen LogP contribution in [0.5, 0.6) is 5.75 Å². The SMILES string of the molecule is CCCCC(=O)Nc1cc(C(C)=O)ccc1OCc1ccccc1. The fourth-order valence-electron chi connectivity index (χ4n) is 2.26. The molecule has 0 atom stereocenters. The highest BCUT2D eigenvalue weighted by molar-refractivity contribution is 5.98. The monoisotopic (exact) mass is 325 g/mol. The van der Waals surface area contributed by atoms with Gasteiger partial charge in [0.2, 0.25) is 5.91 Å². The first kappa shape index (κ1) is 17.7. The van der Waals surface area contributed by atoms with Crippen LogP contribution in [0, 0.1) is 0 Å². The number of benzene rings is 2. The second kappa shape index (κ2) is 8.87. The van der Waals surface area contributed by atoms with Gasteiger partial charge in [0.15, 0.2) is 5.78 Å². The summed E-state index contributed by atoms with van der Waals surface area (Å²) in [5.74, 6) is 0.449. The molecule has 0 aliphatic rings. The Balaban J connectivity index is 2.15. The summed E-state index contributed by atoms with van der Waals surface area (Å²) in [6, 6.07) is 14.9. The number of ketones is 1. The molecule has 2 aromatic rings. The highest BCUT2D eigenvalue weighted by Crippen LogP contribution is 2.27. The van der Waals surface area contributed by atoms with Gasteiger partial charge in [0.1, 0.15) is 12.4 Å².